The average Bonchev–Trinajstić information content (AvgIpc) is 2.62. The summed E-state index contributed by atoms with van der Waals surface area (Å²) < 4.78 is 0. The number of nitrogens with zero attached hydrogens (tertiary/aromatic N) is 1. The van der Waals surface area contributed by atoms with Crippen LogP contribution in [0.15, 0.2) is 42.5 Å². The molecule has 0 fully saturated rings. The Hall–Kier alpha value is -2.62. The molecule has 0 bridgehead atoms. The Morgan fingerprint density at radius 1 is 1.00 bits per heavy atom. The summed E-state index contributed by atoms with van der Waals surface area (Å²) >= 11 is 0. The summed E-state index contributed by atoms with van der Waals surface area (Å²) in [4.78, 5) is 26.9. The lowest BCUT2D eigenvalue weighted by Gasteiger charge is -2.28. The van der Waals surface area contributed by atoms with Crippen LogP contribution in [0, 0.1) is 20.8 Å². The minimum absolute atomic E-state index is 0.0459. The lowest BCUT2D eigenvalue weighted by Crippen LogP contribution is -2.47. The van der Waals surface area contributed by atoms with Crippen LogP contribution in [0.5, 0.6) is 0 Å². The van der Waals surface area contributed by atoms with Gasteiger partial charge in [-0.15, -0.1) is 0 Å². The van der Waals surface area contributed by atoms with E-state index in [-0.39, 0.29) is 11.8 Å². The van der Waals surface area contributed by atoms with Crippen LogP contribution in [0.25, 0.3) is 0 Å². The molecular weight excluding hydrogens is 324 g/mol. The number of carbonyl (C=O) groups is 2. The van der Waals surface area contributed by atoms with E-state index in [1.807, 2.05) is 63.2 Å². The molecule has 4 heteroatoms. The van der Waals surface area contributed by atoms with E-state index in [2.05, 4.69) is 5.32 Å². The highest BCUT2D eigenvalue weighted by Gasteiger charge is 2.25. The Bertz CT molecular complexity index is 781. The zero-order chi connectivity index (χ0) is 19.3. The number of benzene rings is 2. The standard InChI is InChI=1S/C22H28N2O2/c1-15-7-10-19(11-8-15)14-24(18(4)22(26)23-5)21(25)13-20-12-16(2)6-9-17(20)3/h6-12,18H,13-14H2,1-5H3,(H,23,26)/t18-/m1/s1. The van der Waals surface area contributed by atoms with Crippen molar-refractivity contribution < 1.29 is 9.59 Å². The molecule has 0 aliphatic rings. The summed E-state index contributed by atoms with van der Waals surface area (Å²) in [5.74, 6) is -0.207. The molecule has 138 valence electrons. The smallest absolute Gasteiger partial charge is 0.242 e. The van der Waals surface area contributed by atoms with Gasteiger partial charge in [0.05, 0.1) is 6.42 Å². The van der Waals surface area contributed by atoms with Crippen molar-refractivity contribution in [2.75, 3.05) is 7.05 Å². The number of hydrogen-bond acceptors (Lipinski definition) is 2. The number of rotatable bonds is 6. The van der Waals surface area contributed by atoms with Crippen LogP contribution < -0.4 is 5.32 Å². The summed E-state index contributed by atoms with van der Waals surface area (Å²) in [5.41, 5.74) is 5.41. The van der Waals surface area contributed by atoms with Crippen LogP contribution in [0.3, 0.4) is 0 Å². The summed E-state index contributed by atoms with van der Waals surface area (Å²) in [6.07, 6.45) is 0.292. The fourth-order valence-electron chi connectivity index (χ4n) is 2.94. The Morgan fingerprint density at radius 3 is 2.23 bits per heavy atom. The molecule has 0 spiro atoms. The van der Waals surface area contributed by atoms with Gasteiger partial charge in [-0.2, -0.15) is 0 Å². The van der Waals surface area contributed by atoms with E-state index in [1.54, 1.807) is 18.9 Å². The van der Waals surface area contributed by atoms with Crippen LogP contribution in [0.1, 0.15) is 34.7 Å². The number of aryl methyl sites for hydroxylation is 3. The molecule has 4 nitrogen and oxygen atoms in total. The molecular formula is C22H28N2O2. The third-order valence-corrected chi connectivity index (χ3v) is 4.73. The highest BCUT2D eigenvalue weighted by atomic mass is 16.2. The van der Waals surface area contributed by atoms with Gasteiger partial charge < -0.3 is 10.2 Å². The number of likely N-dealkylation sites (N-methyl/N-ethyl adjacent to an activating group) is 1. The predicted molar refractivity (Wildman–Crippen MR) is 105 cm³/mol. The first-order valence-electron chi connectivity index (χ1n) is 8.94. The van der Waals surface area contributed by atoms with E-state index in [1.165, 1.54) is 5.56 Å². The van der Waals surface area contributed by atoms with E-state index in [9.17, 15) is 9.59 Å². The minimum atomic E-state index is -0.529. The second kappa shape index (κ2) is 8.65. The number of hydrogen-bond donors (Lipinski definition) is 1. The Morgan fingerprint density at radius 2 is 1.62 bits per heavy atom. The quantitative estimate of drug-likeness (QED) is 0.867. The number of nitrogens with one attached hydrogen (secondary N) is 1. The van der Waals surface area contributed by atoms with Gasteiger partial charge in [-0.25, -0.2) is 0 Å². The molecule has 0 radical (unpaired) electrons. The summed E-state index contributed by atoms with van der Waals surface area (Å²) in [6, 6.07) is 13.6. The van der Waals surface area contributed by atoms with E-state index in [0.29, 0.717) is 13.0 Å². The van der Waals surface area contributed by atoms with E-state index >= 15 is 0 Å². The molecule has 0 aliphatic heterocycles. The third-order valence-electron chi connectivity index (χ3n) is 4.73. The maximum atomic E-state index is 13.1. The number of carbonyl (C=O) groups excluding carboxylic acids is 2. The van der Waals surface area contributed by atoms with Gasteiger partial charge in [-0.1, -0.05) is 53.6 Å². The Balaban J connectivity index is 2.26. The van der Waals surface area contributed by atoms with Gasteiger partial charge in [0, 0.05) is 13.6 Å². The molecule has 0 unspecified atom stereocenters. The first-order chi connectivity index (χ1) is 12.3. The van der Waals surface area contributed by atoms with Crippen molar-refractivity contribution in [1.82, 2.24) is 10.2 Å². The van der Waals surface area contributed by atoms with Crippen molar-refractivity contribution in [2.24, 2.45) is 0 Å². The SMILES string of the molecule is CNC(=O)[C@@H](C)N(Cc1ccc(C)cc1)C(=O)Cc1cc(C)ccc1C. The van der Waals surface area contributed by atoms with Gasteiger partial charge in [0.2, 0.25) is 11.8 Å². The van der Waals surface area contributed by atoms with E-state index < -0.39 is 6.04 Å². The van der Waals surface area contributed by atoms with Gasteiger partial charge in [0.15, 0.2) is 0 Å². The Labute approximate surface area is 156 Å². The molecule has 1 N–H and O–H groups in total. The fourth-order valence-corrected chi connectivity index (χ4v) is 2.94. The number of amides is 2. The first kappa shape index (κ1) is 19.7. The second-order valence-electron chi connectivity index (χ2n) is 6.90. The second-order valence-corrected chi connectivity index (χ2v) is 6.90. The van der Waals surface area contributed by atoms with Crippen LogP contribution in [-0.4, -0.2) is 29.8 Å². The summed E-state index contributed by atoms with van der Waals surface area (Å²) in [5, 5.41) is 2.65. The molecule has 26 heavy (non-hydrogen) atoms. The van der Waals surface area contributed by atoms with Gasteiger partial charge >= 0.3 is 0 Å². The minimum Gasteiger partial charge on any atom is -0.357 e. The van der Waals surface area contributed by atoms with Gasteiger partial charge in [0.1, 0.15) is 6.04 Å². The molecule has 0 saturated heterocycles. The van der Waals surface area contributed by atoms with Gasteiger partial charge in [-0.05, 0) is 44.4 Å². The zero-order valence-electron chi connectivity index (χ0n) is 16.3. The summed E-state index contributed by atoms with van der Waals surface area (Å²) in [7, 11) is 1.60. The van der Waals surface area contributed by atoms with Crippen molar-refractivity contribution in [3.8, 4) is 0 Å². The van der Waals surface area contributed by atoms with Crippen LogP contribution in [0.4, 0.5) is 0 Å². The van der Waals surface area contributed by atoms with Gasteiger partial charge in [-0.3, -0.25) is 9.59 Å². The molecule has 0 saturated carbocycles. The van der Waals surface area contributed by atoms with Crippen molar-refractivity contribution in [3.63, 3.8) is 0 Å². The first-order valence-corrected chi connectivity index (χ1v) is 8.94. The zero-order valence-corrected chi connectivity index (χ0v) is 16.3. The average molecular weight is 352 g/mol. The molecule has 0 aromatic heterocycles. The molecule has 0 heterocycles. The molecule has 2 aromatic carbocycles. The third kappa shape index (κ3) is 4.94. The summed E-state index contributed by atoms with van der Waals surface area (Å²) in [6.45, 7) is 8.24. The van der Waals surface area contributed by atoms with E-state index in [4.69, 9.17) is 0 Å². The predicted octanol–water partition coefficient (Wildman–Crippen LogP) is 3.32. The van der Waals surface area contributed by atoms with E-state index in [0.717, 1.165) is 22.3 Å². The fraction of sp³-hybridized carbons (Fsp3) is 0.364. The molecule has 0 aliphatic carbocycles. The van der Waals surface area contributed by atoms with Gasteiger partial charge in [0.25, 0.3) is 0 Å². The van der Waals surface area contributed by atoms with Crippen LogP contribution >= 0.6 is 0 Å². The normalized spacial score (nSPS) is 11.7. The molecule has 2 rings (SSSR count). The molecule has 1 atom stereocenters. The maximum Gasteiger partial charge on any atom is 0.242 e. The van der Waals surface area contributed by atoms with Crippen molar-refractivity contribution in [1.29, 1.82) is 0 Å². The van der Waals surface area contributed by atoms with Crippen molar-refractivity contribution >= 4 is 11.8 Å². The van der Waals surface area contributed by atoms with Crippen molar-refractivity contribution in [3.05, 3.63) is 70.3 Å². The lowest BCUT2D eigenvalue weighted by molar-refractivity contribution is -0.139. The Kier molecular flexibility index (Phi) is 6.56. The monoisotopic (exact) mass is 352 g/mol. The van der Waals surface area contributed by atoms with Crippen LogP contribution in [0.2, 0.25) is 0 Å². The topological polar surface area (TPSA) is 49.4 Å². The van der Waals surface area contributed by atoms with Crippen LogP contribution in [-0.2, 0) is 22.6 Å². The lowest BCUT2D eigenvalue weighted by atomic mass is 10.0. The molecule has 2 aromatic rings. The highest BCUT2D eigenvalue weighted by Crippen LogP contribution is 2.16. The molecule has 2 amide bonds. The highest BCUT2D eigenvalue weighted by molar-refractivity contribution is 5.88. The maximum absolute atomic E-state index is 13.1. The largest absolute Gasteiger partial charge is 0.357 e. The van der Waals surface area contributed by atoms with Crippen molar-refractivity contribution in [2.45, 2.75) is 46.7 Å².